The van der Waals surface area contributed by atoms with Crippen molar-refractivity contribution in [3.63, 3.8) is 0 Å². The third kappa shape index (κ3) is 3.68. The van der Waals surface area contributed by atoms with Crippen LogP contribution in [0.15, 0.2) is 48.5 Å². The van der Waals surface area contributed by atoms with Crippen molar-refractivity contribution in [2.24, 2.45) is 0 Å². The zero-order valence-electron chi connectivity index (χ0n) is 15.5. The Hall–Kier alpha value is -2.82. The normalized spacial score (nSPS) is 21.1. The van der Waals surface area contributed by atoms with Crippen molar-refractivity contribution in [3.8, 4) is 5.75 Å². The van der Waals surface area contributed by atoms with Crippen LogP contribution in [0.25, 0.3) is 0 Å². The molecule has 0 radical (unpaired) electrons. The predicted octanol–water partition coefficient (Wildman–Crippen LogP) is 2.86. The molecule has 2 unspecified atom stereocenters. The van der Waals surface area contributed by atoms with Gasteiger partial charge >= 0.3 is 0 Å². The first-order valence-electron chi connectivity index (χ1n) is 9.55. The molecular weight excluding hydrogens is 340 g/mol. The van der Waals surface area contributed by atoms with E-state index in [9.17, 15) is 9.59 Å². The van der Waals surface area contributed by atoms with Crippen molar-refractivity contribution in [3.05, 3.63) is 59.7 Å². The molecule has 1 aliphatic heterocycles. The lowest BCUT2D eigenvalue weighted by Crippen LogP contribution is -2.46. The van der Waals surface area contributed by atoms with E-state index in [4.69, 9.17) is 4.74 Å². The van der Waals surface area contributed by atoms with Crippen molar-refractivity contribution in [2.75, 3.05) is 11.4 Å². The summed E-state index contributed by atoms with van der Waals surface area (Å²) in [6.07, 6.45) is 2.58. The molecular formula is C22H24N2O3. The highest BCUT2D eigenvalue weighted by Gasteiger charge is 2.31. The molecule has 2 aromatic carbocycles. The van der Waals surface area contributed by atoms with Crippen LogP contribution in [0, 0.1) is 0 Å². The number of para-hydroxylation sites is 2. The standard InChI is InChI=1S/C22H24N2O3/c1-15-22(26)24(19-8-4-5-9-20(19)27-15)13-12-21(25)23-18-11-10-16-6-2-3-7-17(16)14-18/h2-9,15,18H,10-14H2,1H3,(H,23,25). The molecule has 5 heteroatoms. The van der Waals surface area contributed by atoms with Crippen LogP contribution >= 0.6 is 0 Å². The van der Waals surface area contributed by atoms with E-state index in [0.717, 1.165) is 24.9 Å². The lowest BCUT2D eigenvalue weighted by Gasteiger charge is -2.33. The van der Waals surface area contributed by atoms with Gasteiger partial charge < -0.3 is 15.0 Å². The number of hydrogen-bond acceptors (Lipinski definition) is 3. The summed E-state index contributed by atoms with van der Waals surface area (Å²) in [7, 11) is 0. The van der Waals surface area contributed by atoms with Crippen LogP contribution in [0.4, 0.5) is 5.69 Å². The summed E-state index contributed by atoms with van der Waals surface area (Å²) in [5.41, 5.74) is 3.44. The molecule has 0 saturated carbocycles. The Kier molecular flexibility index (Phi) is 4.84. The number of rotatable bonds is 4. The van der Waals surface area contributed by atoms with E-state index < -0.39 is 6.10 Å². The average Bonchev–Trinajstić information content (AvgIpc) is 2.68. The number of nitrogens with zero attached hydrogens (tertiary/aromatic N) is 1. The van der Waals surface area contributed by atoms with Crippen molar-refractivity contribution < 1.29 is 14.3 Å². The molecule has 0 saturated heterocycles. The topological polar surface area (TPSA) is 58.6 Å². The fourth-order valence-electron chi connectivity index (χ4n) is 3.92. The van der Waals surface area contributed by atoms with Gasteiger partial charge in [-0.15, -0.1) is 0 Å². The van der Waals surface area contributed by atoms with Gasteiger partial charge in [0.15, 0.2) is 6.10 Å². The number of aryl methyl sites for hydroxylation is 1. The van der Waals surface area contributed by atoms with E-state index >= 15 is 0 Å². The van der Waals surface area contributed by atoms with Gasteiger partial charge in [-0.2, -0.15) is 0 Å². The third-order valence-corrected chi connectivity index (χ3v) is 5.35. The van der Waals surface area contributed by atoms with E-state index in [1.165, 1.54) is 11.1 Å². The zero-order valence-corrected chi connectivity index (χ0v) is 15.5. The Labute approximate surface area is 159 Å². The Morgan fingerprint density at radius 1 is 1.15 bits per heavy atom. The van der Waals surface area contributed by atoms with Gasteiger partial charge in [-0.05, 0) is 49.4 Å². The Bertz CT molecular complexity index is 864. The molecule has 5 nitrogen and oxygen atoms in total. The molecule has 2 atom stereocenters. The summed E-state index contributed by atoms with van der Waals surface area (Å²) in [6, 6.07) is 16.0. The van der Waals surface area contributed by atoms with Crippen molar-refractivity contribution in [1.29, 1.82) is 0 Å². The highest BCUT2D eigenvalue weighted by Crippen LogP contribution is 2.33. The minimum atomic E-state index is -0.530. The van der Waals surface area contributed by atoms with Gasteiger partial charge in [0.1, 0.15) is 5.75 Å². The van der Waals surface area contributed by atoms with Gasteiger partial charge in [0.05, 0.1) is 5.69 Å². The van der Waals surface area contributed by atoms with Crippen LogP contribution in [0.2, 0.25) is 0 Å². The van der Waals surface area contributed by atoms with Crippen LogP contribution in [-0.2, 0) is 22.4 Å². The molecule has 1 aliphatic carbocycles. The smallest absolute Gasteiger partial charge is 0.267 e. The molecule has 4 rings (SSSR count). The first-order chi connectivity index (χ1) is 13.1. The largest absolute Gasteiger partial charge is 0.479 e. The number of nitrogens with one attached hydrogen (secondary N) is 1. The van der Waals surface area contributed by atoms with Crippen molar-refractivity contribution in [1.82, 2.24) is 5.32 Å². The molecule has 0 spiro atoms. The second-order valence-corrected chi connectivity index (χ2v) is 7.24. The summed E-state index contributed by atoms with van der Waals surface area (Å²) >= 11 is 0. The van der Waals surface area contributed by atoms with Crippen LogP contribution in [0.1, 0.15) is 30.9 Å². The fourth-order valence-corrected chi connectivity index (χ4v) is 3.92. The second kappa shape index (κ2) is 7.43. The molecule has 1 heterocycles. The van der Waals surface area contributed by atoms with E-state index in [0.29, 0.717) is 12.3 Å². The minimum Gasteiger partial charge on any atom is -0.479 e. The molecule has 0 aromatic heterocycles. The summed E-state index contributed by atoms with van der Waals surface area (Å²) in [6.45, 7) is 2.10. The van der Waals surface area contributed by atoms with Gasteiger partial charge in [0.25, 0.3) is 5.91 Å². The highest BCUT2D eigenvalue weighted by atomic mass is 16.5. The Morgan fingerprint density at radius 3 is 2.74 bits per heavy atom. The van der Waals surface area contributed by atoms with Crippen LogP contribution < -0.4 is 15.0 Å². The second-order valence-electron chi connectivity index (χ2n) is 7.24. The molecule has 0 fully saturated rings. The number of amides is 2. The molecule has 1 N–H and O–H groups in total. The maximum atomic E-state index is 12.5. The van der Waals surface area contributed by atoms with E-state index in [2.05, 4.69) is 23.5 Å². The number of carbonyl (C=O) groups excluding carboxylic acids is 2. The molecule has 2 amide bonds. The minimum absolute atomic E-state index is 0.0104. The first kappa shape index (κ1) is 17.6. The third-order valence-electron chi connectivity index (χ3n) is 5.35. The molecule has 2 aromatic rings. The molecule has 27 heavy (non-hydrogen) atoms. The van der Waals surface area contributed by atoms with E-state index in [1.54, 1.807) is 11.8 Å². The first-order valence-corrected chi connectivity index (χ1v) is 9.55. The highest BCUT2D eigenvalue weighted by molar-refractivity contribution is 6.00. The van der Waals surface area contributed by atoms with Crippen molar-refractivity contribution in [2.45, 2.75) is 44.8 Å². The monoisotopic (exact) mass is 364 g/mol. The summed E-state index contributed by atoms with van der Waals surface area (Å²) in [4.78, 5) is 26.6. The fraction of sp³-hybridized carbons (Fsp3) is 0.364. The number of benzene rings is 2. The predicted molar refractivity (Wildman–Crippen MR) is 104 cm³/mol. The number of ether oxygens (including phenoxy) is 1. The number of hydrogen-bond donors (Lipinski definition) is 1. The zero-order chi connectivity index (χ0) is 18.8. The van der Waals surface area contributed by atoms with E-state index in [-0.39, 0.29) is 24.3 Å². The van der Waals surface area contributed by atoms with Crippen molar-refractivity contribution >= 4 is 17.5 Å². The maximum Gasteiger partial charge on any atom is 0.267 e. The van der Waals surface area contributed by atoms with Crippen LogP contribution in [0.3, 0.4) is 0 Å². The molecule has 0 bridgehead atoms. The van der Waals surface area contributed by atoms with Gasteiger partial charge in [0.2, 0.25) is 5.91 Å². The Morgan fingerprint density at radius 2 is 1.89 bits per heavy atom. The molecule has 140 valence electrons. The SMILES string of the molecule is CC1Oc2ccccc2N(CCC(=O)NC2CCc3ccccc3C2)C1=O. The number of anilines is 1. The summed E-state index contributed by atoms with van der Waals surface area (Å²) < 4.78 is 5.64. The maximum absolute atomic E-state index is 12.5. The van der Waals surface area contributed by atoms with Gasteiger partial charge in [-0.25, -0.2) is 0 Å². The van der Waals surface area contributed by atoms with Crippen LogP contribution in [0.5, 0.6) is 5.75 Å². The quantitative estimate of drug-likeness (QED) is 0.908. The summed E-state index contributed by atoms with van der Waals surface area (Å²) in [5, 5.41) is 3.14. The molecule has 2 aliphatic rings. The lowest BCUT2D eigenvalue weighted by molar-refractivity contribution is -0.125. The van der Waals surface area contributed by atoms with E-state index in [1.807, 2.05) is 30.3 Å². The summed E-state index contributed by atoms with van der Waals surface area (Å²) in [5.74, 6) is 0.575. The Balaban J connectivity index is 1.36. The van der Waals surface area contributed by atoms with Gasteiger partial charge in [-0.1, -0.05) is 36.4 Å². The lowest BCUT2D eigenvalue weighted by atomic mass is 9.88. The number of carbonyl (C=O) groups is 2. The van der Waals surface area contributed by atoms with Crippen LogP contribution in [-0.4, -0.2) is 30.5 Å². The average molecular weight is 364 g/mol. The van der Waals surface area contributed by atoms with Gasteiger partial charge in [0, 0.05) is 19.0 Å². The number of fused-ring (bicyclic) bond motifs is 2. The van der Waals surface area contributed by atoms with Gasteiger partial charge in [-0.3, -0.25) is 9.59 Å².